The maximum absolute atomic E-state index is 14.2. The van der Waals surface area contributed by atoms with Crippen LogP contribution in [-0.2, 0) is 19.6 Å². The predicted molar refractivity (Wildman–Crippen MR) is 141 cm³/mol. The zero-order valence-corrected chi connectivity index (χ0v) is 21.6. The van der Waals surface area contributed by atoms with Gasteiger partial charge in [-0.25, -0.2) is 13.8 Å². The van der Waals surface area contributed by atoms with Crippen LogP contribution in [0.25, 0.3) is 22.5 Å². The van der Waals surface area contributed by atoms with Crippen LogP contribution in [0.4, 0.5) is 4.39 Å². The number of nitrogens with zero attached hydrogens (tertiary/aromatic N) is 5. The van der Waals surface area contributed by atoms with E-state index in [1.54, 1.807) is 4.57 Å². The summed E-state index contributed by atoms with van der Waals surface area (Å²) >= 11 is 0. The molecule has 0 amide bonds. The van der Waals surface area contributed by atoms with Crippen molar-refractivity contribution in [2.75, 3.05) is 0 Å². The van der Waals surface area contributed by atoms with Gasteiger partial charge in [-0.1, -0.05) is 75.7 Å². The Bertz CT molecular complexity index is 1390. The summed E-state index contributed by atoms with van der Waals surface area (Å²) < 4.78 is 16.9. The Hall–Kier alpha value is -3.88. The zero-order chi connectivity index (χ0) is 26.4. The topological polar surface area (TPSA) is 98.5 Å². The highest BCUT2D eigenvalue weighted by molar-refractivity contribution is 5.80. The molecule has 0 unspecified atom stereocenters. The molecule has 194 valence electrons. The first-order valence-electron chi connectivity index (χ1n) is 12.8. The van der Waals surface area contributed by atoms with E-state index in [-0.39, 0.29) is 24.6 Å². The van der Waals surface area contributed by atoms with Gasteiger partial charge in [-0.2, -0.15) is 5.21 Å². The van der Waals surface area contributed by atoms with E-state index in [9.17, 15) is 14.0 Å². The van der Waals surface area contributed by atoms with Crippen molar-refractivity contribution in [3.8, 4) is 22.5 Å². The molecule has 1 N–H and O–H groups in total. The van der Waals surface area contributed by atoms with Gasteiger partial charge < -0.3 is 0 Å². The van der Waals surface area contributed by atoms with Crippen molar-refractivity contribution in [1.82, 2.24) is 29.8 Å². The first-order valence-corrected chi connectivity index (χ1v) is 12.8. The molecule has 0 spiro atoms. The van der Waals surface area contributed by atoms with Crippen LogP contribution in [0, 0.1) is 5.92 Å². The van der Waals surface area contributed by atoms with Crippen LogP contribution in [0.5, 0.6) is 0 Å². The van der Waals surface area contributed by atoms with Crippen LogP contribution in [-0.4, -0.2) is 35.7 Å². The molecule has 4 rings (SSSR count). The van der Waals surface area contributed by atoms with E-state index in [0.29, 0.717) is 30.3 Å². The number of carbonyl (C=O) groups is 1. The van der Waals surface area contributed by atoms with Gasteiger partial charge in [0.05, 0.1) is 12.2 Å². The lowest BCUT2D eigenvalue weighted by Gasteiger charge is -2.12. The second-order valence-corrected chi connectivity index (χ2v) is 9.64. The fraction of sp³-hybridized carbons (Fsp3) is 0.393. The Balaban J connectivity index is 1.68. The summed E-state index contributed by atoms with van der Waals surface area (Å²) in [7, 11) is 0. The van der Waals surface area contributed by atoms with Crippen molar-refractivity contribution in [3.63, 3.8) is 0 Å². The average molecular weight is 505 g/mol. The molecule has 4 aromatic rings. The number of hydrogen-bond acceptors (Lipinski definition) is 5. The summed E-state index contributed by atoms with van der Waals surface area (Å²) in [6, 6.07) is 15.7. The van der Waals surface area contributed by atoms with E-state index in [1.165, 1.54) is 0 Å². The monoisotopic (exact) mass is 504 g/mol. The molecule has 0 aliphatic heterocycles. The van der Waals surface area contributed by atoms with Crippen molar-refractivity contribution >= 4 is 5.91 Å². The minimum absolute atomic E-state index is 0.192. The van der Waals surface area contributed by atoms with E-state index in [1.807, 2.05) is 55.5 Å². The number of benzene rings is 2. The normalized spacial score (nSPS) is 11.4. The maximum atomic E-state index is 14.2. The SMILES string of the molecule is CCCCC(=O)n1c(CF)c(CCC(C)C)n(Cc2ccc(-c3ccccc3-c3nn[nH]n3)cc2)c1=O. The van der Waals surface area contributed by atoms with Crippen LogP contribution in [0.15, 0.2) is 53.3 Å². The number of halogens is 1. The number of aromatic nitrogens is 6. The molecule has 0 atom stereocenters. The van der Waals surface area contributed by atoms with Crippen molar-refractivity contribution < 1.29 is 9.18 Å². The minimum atomic E-state index is -0.848. The molecular weight excluding hydrogens is 471 g/mol. The quantitative estimate of drug-likeness (QED) is 0.294. The molecule has 9 heteroatoms. The molecule has 0 saturated carbocycles. The van der Waals surface area contributed by atoms with Crippen molar-refractivity contribution in [1.29, 1.82) is 0 Å². The highest BCUT2D eigenvalue weighted by Gasteiger charge is 2.24. The van der Waals surface area contributed by atoms with E-state index in [4.69, 9.17) is 0 Å². The van der Waals surface area contributed by atoms with Gasteiger partial charge in [0.15, 0.2) is 0 Å². The fourth-order valence-electron chi connectivity index (χ4n) is 4.52. The van der Waals surface area contributed by atoms with E-state index < -0.39 is 12.4 Å². The van der Waals surface area contributed by atoms with Crippen molar-refractivity contribution in [2.24, 2.45) is 5.92 Å². The lowest BCUT2D eigenvalue weighted by molar-refractivity contribution is 0.0889. The van der Waals surface area contributed by atoms with E-state index in [0.717, 1.165) is 39.7 Å². The third kappa shape index (κ3) is 5.76. The molecule has 0 bridgehead atoms. The van der Waals surface area contributed by atoms with Gasteiger partial charge in [0, 0.05) is 17.7 Å². The van der Waals surface area contributed by atoms with Crippen molar-refractivity contribution in [2.45, 2.75) is 66.1 Å². The number of nitrogens with one attached hydrogen (secondary N) is 1. The van der Waals surface area contributed by atoms with Gasteiger partial charge in [0.25, 0.3) is 0 Å². The molecule has 2 aromatic heterocycles. The number of alkyl halides is 1. The van der Waals surface area contributed by atoms with Crippen LogP contribution >= 0.6 is 0 Å². The maximum Gasteiger partial charge on any atom is 0.335 e. The molecular formula is C28H33FN6O2. The summed E-state index contributed by atoms with van der Waals surface area (Å²) in [6.07, 6.45) is 3.05. The molecule has 37 heavy (non-hydrogen) atoms. The van der Waals surface area contributed by atoms with E-state index in [2.05, 4.69) is 34.5 Å². The van der Waals surface area contributed by atoms with Gasteiger partial charge >= 0.3 is 5.69 Å². The minimum Gasteiger partial charge on any atom is -0.291 e. The Labute approximate surface area is 215 Å². The molecule has 2 heterocycles. The summed E-state index contributed by atoms with van der Waals surface area (Å²) in [5.41, 5.74) is 4.00. The van der Waals surface area contributed by atoms with Crippen LogP contribution in [0.3, 0.4) is 0 Å². The van der Waals surface area contributed by atoms with Crippen LogP contribution in [0.2, 0.25) is 0 Å². The summed E-state index contributed by atoms with van der Waals surface area (Å²) in [6.45, 7) is 5.58. The predicted octanol–water partition coefficient (Wildman–Crippen LogP) is 5.43. The Morgan fingerprint density at radius 2 is 1.78 bits per heavy atom. The van der Waals surface area contributed by atoms with Gasteiger partial charge in [-0.05, 0) is 47.1 Å². The van der Waals surface area contributed by atoms with Gasteiger partial charge in [-0.15, -0.1) is 10.2 Å². The van der Waals surface area contributed by atoms with Gasteiger partial charge in [-0.3, -0.25) is 9.36 Å². The second kappa shape index (κ2) is 11.9. The molecule has 0 aliphatic rings. The third-order valence-electron chi connectivity index (χ3n) is 6.55. The first-order chi connectivity index (χ1) is 17.9. The number of rotatable bonds is 11. The first kappa shape index (κ1) is 26.2. The molecule has 0 radical (unpaired) electrons. The smallest absolute Gasteiger partial charge is 0.291 e. The fourth-order valence-corrected chi connectivity index (χ4v) is 4.52. The largest absolute Gasteiger partial charge is 0.335 e. The van der Waals surface area contributed by atoms with Crippen molar-refractivity contribution in [3.05, 3.63) is 76.0 Å². The molecule has 0 saturated heterocycles. The summed E-state index contributed by atoms with van der Waals surface area (Å²) in [4.78, 5) is 26.3. The number of H-pyrrole nitrogens is 1. The third-order valence-corrected chi connectivity index (χ3v) is 6.55. The molecule has 8 nitrogen and oxygen atoms in total. The highest BCUT2D eigenvalue weighted by Crippen LogP contribution is 2.30. The Kier molecular flexibility index (Phi) is 8.43. The van der Waals surface area contributed by atoms with Gasteiger partial charge in [0.1, 0.15) is 6.67 Å². The highest BCUT2D eigenvalue weighted by atomic mass is 19.1. The molecule has 0 fully saturated rings. The Morgan fingerprint density at radius 1 is 1.05 bits per heavy atom. The van der Waals surface area contributed by atoms with E-state index >= 15 is 0 Å². The Morgan fingerprint density at radius 3 is 2.41 bits per heavy atom. The summed E-state index contributed by atoms with van der Waals surface area (Å²) in [5.74, 6) is 0.556. The number of aromatic amines is 1. The second-order valence-electron chi connectivity index (χ2n) is 9.64. The number of hydrogen-bond donors (Lipinski definition) is 1. The number of imidazole rings is 1. The number of carbonyl (C=O) groups excluding carboxylic acids is 1. The van der Waals surface area contributed by atoms with Gasteiger partial charge in [0.2, 0.25) is 11.7 Å². The van der Waals surface area contributed by atoms with Crippen LogP contribution in [0.1, 0.15) is 68.2 Å². The zero-order valence-electron chi connectivity index (χ0n) is 21.6. The summed E-state index contributed by atoms with van der Waals surface area (Å²) in [5, 5.41) is 14.3. The lowest BCUT2D eigenvalue weighted by Crippen LogP contribution is -2.30. The number of unbranched alkanes of at least 4 members (excludes halogenated alkanes) is 1. The number of tetrazole rings is 1. The average Bonchev–Trinajstić information content (AvgIpc) is 3.53. The molecule has 2 aromatic carbocycles. The lowest BCUT2D eigenvalue weighted by atomic mass is 9.98. The molecule has 0 aliphatic carbocycles. The standard InChI is InChI=1S/C28H33FN6O2/c1-4-5-10-26(36)35-25(17-29)24(16-11-19(2)3)34(28(35)37)18-20-12-14-21(15-13-20)22-8-6-7-9-23(22)27-30-32-33-31-27/h6-9,12-15,19H,4-5,10-11,16-18H2,1-3H3,(H,30,31,32,33). The van der Waals surface area contributed by atoms with Crippen LogP contribution < -0.4 is 5.69 Å².